The fourth-order valence-corrected chi connectivity index (χ4v) is 4.77. The van der Waals surface area contributed by atoms with Crippen molar-refractivity contribution in [3.63, 3.8) is 0 Å². The van der Waals surface area contributed by atoms with Crippen molar-refractivity contribution in [2.75, 3.05) is 33.3 Å². The Labute approximate surface area is 198 Å². The average Bonchev–Trinajstić information content (AvgIpc) is 2.80. The molecule has 0 radical (unpaired) electrons. The van der Waals surface area contributed by atoms with Crippen LogP contribution in [0.3, 0.4) is 0 Å². The molecule has 2 aliphatic rings. The molecule has 2 heterocycles. The smallest absolute Gasteiger partial charge is 0.259 e. The van der Waals surface area contributed by atoms with Crippen LogP contribution in [0.25, 0.3) is 0 Å². The third-order valence-corrected chi connectivity index (χ3v) is 6.73. The second-order valence-corrected chi connectivity index (χ2v) is 9.87. The Balaban J connectivity index is 1.86. The molecule has 0 unspecified atom stereocenters. The van der Waals surface area contributed by atoms with Crippen LogP contribution in [-0.4, -0.2) is 82.4 Å². The number of aromatic nitrogens is 1. The van der Waals surface area contributed by atoms with Gasteiger partial charge in [-0.2, -0.15) is 0 Å². The van der Waals surface area contributed by atoms with E-state index in [0.717, 1.165) is 19.0 Å². The zero-order valence-corrected chi connectivity index (χ0v) is 20.5. The number of likely N-dealkylation sites (N-methyl/N-ethyl adjacent to an activating group) is 1. The Kier molecular flexibility index (Phi) is 9.13. The predicted molar refractivity (Wildman–Crippen MR) is 128 cm³/mol. The largest absolute Gasteiger partial charge is 0.472 e. The van der Waals surface area contributed by atoms with Crippen molar-refractivity contribution in [3.8, 4) is 17.7 Å². The number of carbonyl (C=O) groups is 1. The van der Waals surface area contributed by atoms with Gasteiger partial charge in [0, 0.05) is 37.3 Å². The molecule has 0 spiro atoms. The van der Waals surface area contributed by atoms with E-state index >= 15 is 0 Å². The molecule has 0 bridgehead atoms. The molecule has 7 nitrogen and oxygen atoms in total. The third kappa shape index (κ3) is 6.92. The Morgan fingerprint density at radius 1 is 1.27 bits per heavy atom. The van der Waals surface area contributed by atoms with Gasteiger partial charge < -0.3 is 24.7 Å². The highest BCUT2D eigenvalue weighted by Gasteiger charge is 2.34. The van der Waals surface area contributed by atoms with Gasteiger partial charge in [0.25, 0.3) is 5.91 Å². The van der Waals surface area contributed by atoms with Crippen LogP contribution in [0.4, 0.5) is 0 Å². The Morgan fingerprint density at radius 2 is 2.00 bits per heavy atom. The van der Waals surface area contributed by atoms with E-state index in [1.807, 2.05) is 6.92 Å². The number of hydrogen-bond donors (Lipinski definition) is 2. The first-order valence-electron chi connectivity index (χ1n) is 12.2. The van der Waals surface area contributed by atoms with Gasteiger partial charge in [0.05, 0.1) is 12.6 Å². The van der Waals surface area contributed by atoms with Crippen molar-refractivity contribution in [2.45, 2.75) is 71.1 Å². The third-order valence-electron chi connectivity index (χ3n) is 6.73. The average molecular weight is 458 g/mol. The Hall–Kier alpha value is -2.14. The standard InChI is InChI=1S/C26H39N3O4/c1-18-14-29(19(2)17-30)26(32)23-12-22(11-10-20(3)31)13-27-25(23)33-24(18)16-28(4)15-21-8-6-5-7-9-21/h12-13,18-21,24,30-31H,5-9,14-17H2,1-4H3/t18-,19+,20-,24+/m1/s1. The van der Waals surface area contributed by atoms with E-state index in [4.69, 9.17) is 4.74 Å². The number of fused-ring (bicyclic) bond motifs is 1. The summed E-state index contributed by atoms with van der Waals surface area (Å²) < 4.78 is 6.36. The van der Waals surface area contributed by atoms with E-state index in [-0.39, 0.29) is 30.6 Å². The lowest BCUT2D eigenvalue weighted by Gasteiger charge is -2.38. The highest BCUT2D eigenvalue weighted by molar-refractivity contribution is 5.97. The number of ether oxygens (including phenoxy) is 1. The molecular weight excluding hydrogens is 418 g/mol. The van der Waals surface area contributed by atoms with Crippen molar-refractivity contribution < 1.29 is 19.7 Å². The second kappa shape index (κ2) is 11.8. The molecule has 4 atom stereocenters. The lowest BCUT2D eigenvalue weighted by Crippen LogP contribution is -2.50. The molecule has 1 aliphatic carbocycles. The molecule has 0 aromatic carbocycles. The molecule has 2 N–H and O–H groups in total. The van der Waals surface area contributed by atoms with Gasteiger partial charge in [0.1, 0.15) is 17.8 Å². The summed E-state index contributed by atoms with van der Waals surface area (Å²) in [7, 11) is 2.14. The van der Waals surface area contributed by atoms with Crippen molar-refractivity contribution in [1.29, 1.82) is 0 Å². The van der Waals surface area contributed by atoms with E-state index < -0.39 is 6.10 Å². The van der Waals surface area contributed by atoms with Gasteiger partial charge in [-0.3, -0.25) is 4.79 Å². The number of nitrogens with zero attached hydrogens (tertiary/aromatic N) is 3. The van der Waals surface area contributed by atoms with Gasteiger partial charge in [0.15, 0.2) is 0 Å². The zero-order valence-electron chi connectivity index (χ0n) is 20.5. The monoisotopic (exact) mass is 457 g/mol. The lowest BCUT2D eigenvalue weighted by atomic mass is 9.89. The van der Waals surface area contributed by atoms with Crippen LogP contribution in [0, 0.1) is 23.7 Å². The topological polar surface area (TPSA) is 86.1 Å². The van der Waals surface area contributed by atoms with Crippen LogP contribution in [0.1, 0.15) is 68.8 Å². The normalized spacial score (nSPS) is 23.6. The summed E-state index contributed by atoms with van der Waals surface area (Å²) in [5, 5.41) is 19.3. The fraction of sp³-hybridized carbons (Fsp3) is 0.692. The van der Waals surface area contributed by atoms with Gasteiger partial charge in [-0.1, -0.05) is 38.0 Å². The molecule has 1 saturated carbocycles. The van der Waals surface area contributed by atoms with Crippen LogP contribution in [0.2, 0.25) is 0 Å². The summed E-state index contributed by atoms with van der Waals surface area (Å²) in [4.78, 5) is 21.9. The van der Waals surface area contributed by atoms with E-state index in [0.29, 0.717) is 23.6 Å². The van der Waals surface area contributed by atoms with E-state index in [1.54, 1.807) is 24.1 Å². The van der Waals surface area contributed by atoms with Crippen molar-refractivity contribution in [3.05, 3.63) is 23.4 Å². The summed E-state index contributed by atoms with van der Waals surface area (Å²) in [6.45, 7) is 7.71. The molecule has 182 valence electrons. The Bertz CT molecular complexity index is 857. The minimum Gasteiger partial charge on any atom is -0.472 e. The quantitative estimate of drug-likeness (QED) is 0.639. The SMILES string of the molecule is C[C@@H]1CN([C@@H](C)CO)C(=O)c2cc(C#C[C@@H](C)O)cnc2O[C@H]1CN(C)CC1CCCCC1. The molecule has 1 aromatic heterocycles. The predicted octanol–water partition coefficient (Wildman–Crippen LogP) is 2.55. The number of aliphatic hydroxyl groups is 2. The molecule has 1 amide bonds. The maximum atomic E-state index is 13.4. The summed E-state index contributed by atoms with van der Waals surface area (Å²) in [5.41, 5.74) is 0.891. The summed E-state index contributed by atoms with van der Waals surface area (Å²) in [5.74, 6) is 6.44. The minimum atomic E-state index is -0.769. The number of hydrogen-bond acceptors (Lipinski definition) is 6. The van der Waals surface area contributed by atoms with E-state index in [1.165, 1.54) is 32.1 Å². The van der Waals surface area contributed by atoms with Gasteiger partial charge in [0.2, 0.25) is 5.88 Å². The van der Waals surface area contributed by atoms with Crippen LogP contribution < -0.4 is 4.74 Å². The van der Waals surface area contributed by atoms with Crippen LogP contribution >= 0.6 is 0 Å². The minimum absolute atomic E-state index is 0.0708. The van der Waals surface area contributed by atoms with Gasteiger partial charge in [-0.15, -0.1) is 0 Å². The lowest BCUT2D eigenvalue weighted by molar-refractivity contribution is 0.0314. The molecule has 1 fully saturated rings. The Morgan fingerprint density at radius 3 is 2.67 bits per heavy atom. The first-order chi connectivity index (χ1) is 15.8. The first-order valence-corrected chi connectivity index (χ1v) is 12.2. The van der Waals surface area contributed by atoms with Gasteiger partial charge >= 0.3 is 0 Å². The number of rotatable bonds is 6. The maximum absolute atomic E-state index is 13.4. The molecule has 3 rings (SSSR count). The molecule has 7 heteroatoms. The fourth-order valence-electron chi connectivity index (χ4n) is 4.77. The number of pyridine rings is 1. The van der Waals surface area contributed by atoms with Crippen molar-refractivity contribution in [2.24, 2.45) is 11.8 Å². The van der Waals surface area contributed by atoms with Gasteiger partial charge in [-0.05, 0) is 45.7 Å². The van der Waals surface area contributed by atoms with Crippen LogP contribution in [0.5, 0.6) is 5.88 Å². The molecule has 1 aromatic rings. The van der Waals surface area contributed by atoms with Gasteiger partial charge in [-0.25, -0.2) is 4.98 Å². The number of amides is 1. The van der Waals surface area contributed by atoms with Crippen LogP contribution in [-0.2, 0) is 0 Å². The molecule has 1 aliphatic heterocycles. The van der Waals surface area contributed by atoms with E-state index in [2.05, 4.69) is 35.7 Å². The summed E-state index contributed by atoms with van der Waals surface area (Å²) >= 11 is 0. The van der Waals surface area contributed by atoms with Crippen molar-refractivity contribution >= 4 is 5.91 Å². The van der Waals surface area contributed by atoms with Crippen LogP contribution in [0.15, 0.2) is 12.3 Å². The van der Waals surface area contributed by atoms with Crippen molar-refractivity contribution in [1.82, 2.24) is 14.8 Å². The number of carbonyl (C=O) groups excluding carboxylic acids is 1. The molecule has 33 heavy (non-hydrogen) atoms. The molecule has 0 saturated heterocycles. The first kappa shape index (κ1) is 25.5. The molecular formula is C26H39N3O4. The summed E-state index contributed by atoms with van der Waals surface area (Å²) in [6, 6.07) is 1.36. The zero-order chi connectivity index (χ0) is 24.0. The van der Waals surface area contributed by atoms with E-state index in [9.17, 15) is 15.0 Å². The second-order valence-electron chi connectivity index (χ2n) is 9.87. The summed E-state index contributed by atoms with van der Waals surface area (Å²) in [6.07, 6.45) is 7.25. The highest BCUT2D eigenvalue weighted by Crippen LogP contribution is 2.28. The maximum Gasteiger partial charge on any atom is 0.259 e. The number of aliphatic hydroxyl groups excluding tert-OH is 2. The highest BCUT2D eigenvalue weighted by atomic mass is 16.5.